The first kappa shape index (κ1) is 18.5. The van der Waals surface area contributed by atoms with Crippen molar-refractivity contribution in [2.24, 2.45) is 11.3 Å². The van der Waals surface area contributed by atoms with Crippen molar-refractivity contribution in [1.82, 2.24) is 15.5 Å². The van der Waals surface area contributed by atoms with Gasteiger partial charge in [-0.15, -0.1) is 0 Å². The van der Waals surface area contributed by atoms with Crippen molar-refractivity contribution in [3.05, 3.63) is 0 Å². The molecule has 1 heterocycles. The number of carboxylic acids is 1. The van der Waals surface area contributed by atoms with E-state index in [-0.39, 0.29) is 37.0 Å². The van der Waals surface area contributed by atoms with Gasteiger partial charge in [0.2, 0.25) is 5.91 Å². The van der Waals surface area contributed by atoms with Gasteiger partial charge in [0.1, 0.15) is 0 Å². The van der Waals surface area contributed by atoms with Gasteiger partial charge in [0.05, 0.1) is 12.0 Å². The molecule has 7 heteroatoms. The van der Waals surface area contributed by atoms with E-state index in [9.17, 15) is 19.5 Å². The minimum Gasteiger partial charge on any atom is -0.481 e. The van der Waals surface area contributed by atoms with Crippen LogP contribution in [0.2, 0.25) is 0 Å². The fourth-order valence-electron chi connectivity index (χ4n) is 3.69. The lowest BCUT2D eigenvalue weighted by atomic mass is 9.76. The number of rotatable bonds is 5. The molecule has 7 nitrogen and oxygen atoms in total. The second-order valence-corrected chi connectivity index (χ2v) is 7.34. The third-order valence-corrected chi connectivity index (χ3v) is 5.53. The molecule has 0 aromatic heterocycles. The standard InChI is InChI=1S/C17H29N3O4/c1-12(2)17(15(22)23)8-9-20(11-17)14(21)10-18-16(24)19-13-6-4-3-5-7-13/h12-13H,3-11H2,1-2H3,(H,22,23)(H2,18,19,24). The molecule has 3 amide bonds. The predicted octanol–water partition coefficient (Wildman–Crippen LogP) is 1.58. The molecule has 1 saturated heterocycles. The van der Waals surface area contributed by atoms with Crippen molar-refractivity contribution in [2.75, 3.05) is 19.6 Å². The third-order valence-electron chi connectivity index (χ3n) is 5.53. The van der Waals surface area contributed by atoms with Crippen LogP contribution in [0, 0.1) is 11.3 Å². The van der Waals surface area contributed by atoms with Gasteiger partial charge in [-0.3, -0.25) is 9.59 Å². The largest absolute Gasteiger partial charge is 0.481 e. The van der Waals surface area contributed by atoms with E-state index >= 15 is 0 Å². The zero-order chi connectivity index (χ0) is 17.7. The van der Waals surface area contributed by atoms with Crippen LogP contribution in [0.4, 0.5) is 4.79 Å². The van der Waals surface area contributed by atoms with E-state index in [1.807, 2.05) is 13.8 Å². The maximum atomic E-state index is 12.3. The predicted molar refractivity (Wildman–Crippen MR) is 89.5 cm³/mol. The van der Waals surface area contributed by atoms with Crippen LogP contribution in [0.5, 0.6) is 0 Å². The Labute approximate surface area is 143 Å². The molecule has 2 rings (SSSR count). The third kappa shape index (κ3) is 4.19. The van der Waals surface area contributed by atoms with Crippen molar-refractivity contribution in [3.63, 3.8) is 0 Å². The van der Waals surface area contributed by atoms with Gasteiger partial charge >= 0.3 is 12.0 Å². The van der Waals surface area contributed by atoms with Crippen LogP contribution in [-0.4, -0.2) is 53.6 Å². The highest BCUT2D eigenvalue weighted by molar-refractivity contribution is 5.85. The molecule has 2 fully saturated rings. The van der Waals surface area contributed by atoms with Crippen molar-refractivity contribution >= 4 is 17.9 Å². The number of urea groups is 1. The van der Waals surface area contributed by atoms with Crippen molar-refractivity contribution in [2.45, 2.75) is 58.4 Å². The van der Waals surface area contributed by atoms with Crippen LogP contribution >= 0.6 is 0 Å². The number of aliphatic carboxylic acids is 1. The number of likely N-dealkylation sites (tertiary alicyclic amines) is 1. The Morgan fingerprint density at radius 1 is 1.21 bits per heavy atom. The number of carbonyl (C=O) groups is 3. The lowest BCUT2D eigenvalue weighted by Crippen LogP contribution is -2.47. The highest BCUT2D eigenvalue weighted by Crippen LogP contribution is 2.38. The van der Waals surface area contributed by atoms with E-state index in [1.165, 1.54) is 6.42 Å². The number of hydrogen-bond donors (Lipinski definition) is 3. The highest BCUT2D eigenvalue weighted by atomic mass is 16.4. The van der Waals surface area contributed by atoms with Gasteiger partial charge in [-0.05, 0) is 25.2 Å². The van der Waals surface area contributed by atoms with E-state index < -0.39 is 11.4 Å². The molecule has 1 atom stereocenters. The van der Waals surface area contributed by atoms with Gasteiger partial charge in [-0.1, -0.05) is 33.1 Å². The van der Waals surface area contributed by atoms with Crippen LogP contribution < -0.4 is 10.6 Å². The molecular formula is C17H29N3O4. The van der Waals surface area contributed by atoms with Crippen LogP contribution in [-0.2, 0) is 9.59 Å². The number of carbonyl (C=O) groups excluding carboxylic acids is 2. The van der Waals surface area contributed by atoms with Crippen LogP contribution in [0.3, 0.4) is 0 Å². The summed E-state index contributed by atoms with van der Waals surface area (Å²) in [4.78, 5) is 37.3. The summed E-state index contributed by atoms with van der Waals surface area (Å²) in [6, 6.07) is -0.121. The number of nitrogens with one attached hydrogen (secondary N) is 2. The van der Waals surface area contributed by atoms with Gasteiger partial charge < -0.3 is 20.6 Å². The Morgan fingerprint density at radius 2 is 1.88 bits per heavy atom. The number of carboxylic acid groups (broad SMARTS) is 1. The van der Waals surface area contributed by atoms with E-state index in [4.69, 9.17) is 0 Å². The maximum absolute atomic E-state index is 12.3. The Morgan fingerprint density at radius 3 is 2.42 bits per heavy atom. The maximum Gasteiger partial charge on any atom is 0.315 e. The van der Waals surface area contributed by atoms with Crippen LogP contribution in [0.25, 0.3) is 0 Å². The van der Waals surface area contributed by atoms with E-state index in [0.717, 1.165) is 25.7 Å². The molecule has 1 aliphatic carbocycles. The molecule has 0 aromatic carbocycles. The molecule has 136 valence electrons. The highest BCUT2D eigenvalue weighted by Gasteiger charge is 2.48. The minimum absolute atomic E-state index is 0.0460. The lowest BCUT2D eigenvalue weighted by molar-refractivity contribution is -0.151. The number of hydrogen-bond acceptors (Lipinski definition) is 3. The SMILES string of the molecule is CC(C)C1(C(=O)O)CCN(C(=O)CNC(=O)NC2CCCCC2)C1. The minimum atomic E-state index is -0.875. The zero-order valence-electron chi connectivity index (χ0n) is 14.6. The Balaban J connectivity index is 1.78. The Hall–Kier alpha value is -1.79. The first-order valence-corrected chi connectivity index (χ1v) is 8.90. The van der Waals surface area contributed by atoms with Gasteiger partial charge in [0.25, 0.3) is 0 Å². The van der Waals surface area contributed by atoms with Crippen LogP contribution in [0.15, 0.2) is 0 Å². The second-order valence-electron chi connectivity index (χ2n) is 7.34. The molecule has 2 aliphatic rings. The summed E-state index contributed by atoms with van der Waals surface area (Å²) < 4.78 is 0. The molecule has 1 saturated carbocycles. The number of nitrogens with zero attached hydrogens (tertiary/aromatic N) is 1. The molecule has 1 aliphatic heterocycles. The van der Waals surface area contributed by atoms with E-state index in [0.29, 0.717) is 13.0 Å². The molecule has 0 bridgehead atoms. The van der Waals surface area contributed by atoms with Gasteiger partial charge in [-0.25, -0.2) is 4.79 Å². The Bertz CT molecular complexity index is 488. The molecule has 3 N–H and O–H groups in total. The quantitative estimate of drug-likeness (QED) is 0.708. The molecular weight excluding hydrogens is 310 g/mol. The number of amides is 3. The normalized spacial score (nSPS) is 24.9. The van der Waals surface area contributed by atoms with Crippen molar-refractivity contribution < 1.29 is 19.5 Å². The topological polar surface area (TPSA) is 98.7 Å². The summed E-state index contributed by atoms with van der Waals surface area (Å²) in [7, 11) is 0. The summed E-state index contributed by atoms with van der Waals surface area (Å²) in [5.74, 6) is -1.12. The van der Waals surface area contributed by atoms with E-state index in [1.54, 1.807) is 4.90 Å². The molecule has 24 heavy (non-hydrogen) atoms. The monoisotopic (exact) mass is 339 g/mol. The smallest absolute Gasteiger partial charge is 0.315 e. The molecule has 0 aromatic rings. The van der Waals surface area contributed by atoms with Crippen molar-refractivity contribution in [3.8, 4) is 0 Å². The lowest BCUT2D eigenvalue weighted by Gasteiger charge is -2.28. The first-order chi connectivity index (χ1) is 11.3. The summed E-state index contributed by atoms with van der Waals surface area (Å²) in [6.07, 6.45) is 5.91. The fraction of sp³-hybridized carbons (Fsp3) is 0.824. The van der Waals surface area contributed by atoms with Crippen LogP contribution in [0.1, 0.15) is 52.4 Å². The van der Waals surface area contributed by atoms with Crippen molar-refractivity contribution in [1.29, 1.82) is 0 Å². The molecule has 1 unspecified atom stereocenters. The van der Waals surface area contributed by atoms with E-state index in [2.05, 4.69) is 10.6 Å². The fourth-order valence-corrected chi connectivity index (χ4v) is 3.69. The molecule has 0 spiro atoms. The summed E-state index contributed by atoms with van der Waals surface area (Å²) in [5.41, 5.74) is -0.875. The van der Waals surface area contributed by atoms with Gasteiger partial charge in [0.15, 0.2) is 0 Å². The Kier molecular flexibility index (Phi) is 6.07. The molecule has 0 radical (unpaired) electrons. The summed E-state index contributed by atoms with van der Waals surface area (Å²) in [6.45, 7) is 4.29. The van der Waals surface area contributed by atoms with Gasteiger partial charge in [0, 0.05) is 19.1 Å². The zero-order valence-corrected chi connectivity index (χ0v) is 14.6. The average Bonchev–Trinajstić information content (AvgIpc) is 3.00. The summed E-state index contributed by atoms with van der Waals surface area (Å²) in [5, 5.41) is 15.0. The average molecular weight is 339 g/mol. The summed E-state index contributed by atoms with van der Waals surface area (Å²) >= 11 is 0. The second kappa shape index (κ2) is 7.85. The van der Waals surface area contributed by atoms with Gasteiger partial charge in [-0.2, -0.15) is 0 Å². The first-order valence-electron chi connectivity index (χ1n) is 8.90.